The molecular formula is H5N3O6. The Morgan fingerprint density at radius 1 is 1.56 bits per heavy atom. The summed E-state index contributed by atoms with van der Waals surface area (Å²) in [5, 5.41) is 28.0. The summed E-state index contributed by atoms with van der Waals surface area (Å²) in [6.07, 6.45) is 0. The van der Waals surface area contributed by atoms with Gasteiger partial charge in [-0.15, -0.1) is 15.0 Å². The molecule has 0 saturated heterocycles. The number of rotatable bonds is 0. The molecule has 0 aromatic carbocycles. The van der Waals surface area contributed by atoms with E-state index in [1.807, 2.05) is 0 Å². The molecular weight excluding hydrogens is 138 g/mol. The third-order valence-corrected chi connectivity index (χ3v) is 0. The monoisotopic (exact) mass is 143 g/mol. The summed E-state index contributed by atoms with van der Waals surface area (Å²) in [5.74, 6) is 3.50. The van der Waals surface area contributed by atoms with E-state index in [0.717, 1.165) is 0 Å². The molecule has 0 radical (unpaired) electrons. The lowest BCUT2D eigenvalue weighted by molar-refractivity contribution is -0.742. The zero-order chi connectivity index (χ0) is 8.28. The Labute approximate surface area is 48.3 Å². The van der Waals surface area contributed by atoms with Gasteiger partial charge in [-0.3, -0.25) is 0 Å². The molecule has 0 spiro atoms. The van der Waals surface area contributed by atoms with Gasteiger partial charge in [0.1, 0.15) is 0 Å². The summed E-state index contributed by atoms with van der Waals surface area (Å²) in [6.45, 7) is 0. The molecule has 0 unspecified atom stereocenters. The van der Waals surface area contributed by atoms with Crippen LogP contribution in [0, 0.1) is 15.0 Å². The molecule has 0 saturated carbocycles. The van der Waals surface area contributed by atoms with E-state index in [2.05, 4.69) is 5.90 Å². The maximum absolute atomic E-state index is 8.36. The quantitative estimate of drug-likeness (QED) is 0.194. The lowest BCUT2D eigenvalue weighted by Gasteiger charge is -1.56. The molecule has 0 aliphatic carbocycles. The van der Waals surface area contributed by atoms with E-state index in [1.165, 1.54) is 5.34 Å². The van der Waals surface area contributed by atoms with Gasteiger partial charge in [-0.2, -0.15) is 0 Å². The summed E-state index contributed by atoms with van der Waals surface area (Å²) in [5.41, 5.74) is 0. The number of nitrogens with two attached hydrogens (primary N) is 1. The first kappa shape index (κ1) is 15.6. The van der Waals surface area contributed by atoms with Crippen LogP contribution in [0.5, 0.6) is 0 Å². The highest BCUT2D eigenvalue weighted by Gasteiger charge is 1.65. The van der Waals surface area contributed by atoms with Crippen LogP contribution >= 0.6 is 0 Å². The Morgan fingerprint density at radius 3 is 1.56 bits per heavy atom. The van der Waals surface area contributed by atoms with Crippen molar-refractivity contribution in [3.05, 3.63) is 15.0 Å². The van der Waals surface area contributed by atoms with Gasteiger partial charge in [-0.1, -0.05) is 0 Å². The lowest BCUT2D eigenvalue weighted by Crippen LogP contribution is -1.81. The second-order valence-electron chi connectivity index (χ2n) is 0.319. The molecule has 0 fully saturated rings. The molecule has 0 aliphatic heterocycles. The molecule has 0 atom stereocenters. The topological polar surface area (TPSA) is 159 Å². The van der Waals surface area contributed by atoms with Gasteiger partial charge in [-0.25, -0.2) is 5.90 Å². The Morgan fingerprint density at radius 2 is 1.56 bits per heavy atom. The van der Waals surface area contributed by atoms with Crippen molar-refractivity contribution in [2.75, 3.05) is 0 Å². The summed E-state index contributed by atoms with van der Waals surface area (Å²) in [6, 6.07) is 0. The second-order valence-corrected chi connectivity index (χ2v) is 0.319. The first-order valence-electron chi connectivity index (χ1n) is 1.21. The van der Waals surface area contributed by atoms with E-state index in [1.54, 1.807) is 0 Å². The minimum Gasteiger partial charge on any atom is -0.379 e. The normalized spacial score (nSPS) is 4.67. The van der Waals surface area contributed by atoms with Crippen molar-refractivity contribution in [1.82, 2.24) is 0 Å². The first-order chi connectivity index (χ1) is 4.15. The summed E-state index contributed by atoms with van der Waals surface area (Å²) < 4.78 is 0. The third-order valence-electron chi connectivity index (χ3n) is 0. The average Bonchev–Trinajstić information content (AvgIpc) is 1.71. The molecule has 0 amide bonds. The molecule has 9 heteroatoms. The van der Waals surface area contributed by atoms with Gasteiger partial charge in [0.2, 0.25) is 0 Å². The molecule has 9 heavy (non-hydrogen) atoms. The smallest absolute Gasteiger partial charge is 0.291 e. The van der Waals surface area contributed by atoms with E-state index < -0.39 is 5.09 Å². The maximum Gasteiger partial charge on any atom is 0.291 e. The zero-order valence-electron chi connectivity index (χ0n) is 4.04. The van der Waals surface area contributed by atoms with Gasteiger partial charge < -0.3 is 15.6 Å². The minimum atomic E-state index is -1.50. The van der Waals surface area contributed by atoms with Gasteiger partial charge >= 0.3 is 0 Å². The number of hydrogen-bond donors (Lipinski definition) is 4. The van der Waals surface area contributed by atoms with Crippen LogP contribution in [0.4, 0.5) is 0 Å². The summed E-state index contributed by atoms with van der Waals surface area (Å²) >= 11 is 0. The van der Waals surface area contributed by atoms with Gasteiger partial charge in [0.25, 0.3) is 5.09 Å². The van der Waals surface area contributed by atoms with Crippen LogP contribution in [-0.4, -0.2) is 20.7 Å². The Kier molecular flexibility index (Phi) is 54.4. The molecule has 9 nitrogen and oxygen atoms in total. The minimum absolute atomic E-state index is 1.25. The zero-order valence-corrected chi connectivity index (χ0v) is 4.04. The highest BCUT2D eigenvalue weighted by Crippen LogP contribution is 1.38. The molecule has 56 valence electrons. The van der Waals surface area contributed by atoms with E-state index >= 15 is 0 Å². The lowest BCUT2D eigenvalue weighted by atomic mass is 13.1. The SMILES string of the molecule is NO.O=NO.O=[N+]([O-])O. The van der Waals surface area contributed by atoms with Crippen LogP contribution in [-0.2, 0) is 0 Å². The van der Waals surface area contributed by atoms with Gasteiger partial charge in [0, 0.05) is 0 Å². The highest BCUT2D eigenvalue weighted by molar-refractivity contribution is 3.84. The standard InChI is InChI=1S/HNO3.HNO2.H3NO/c2-1(3)4;2-1-3;1-2/h(H,2,3,4);(H,2,3);2H,1H2. The van der Waals surface area contributed by atoms with Crippen LogP contribution in [0.3, 0.4) is 0 Å². The predicted molar refractivity (Wildman–Crippen MR) is 22.3 cm³/mol. The molecule has 0 rings (SSSR count). The summed E-state index contributed by atoms with van der Waals surface area (Å²) in [4.78, 5) is 16.5. The third kappa shape index (κ3) is 60.8. The van der Waals surface area contributed by atoms with E-state index in [4.69, 9.17) is 30.6 Å². The largest absolute Gasteiger partial charge is 0.379 e. The molecule has 0 aromatic heterocycles. The first-order valence-corrected chi connectivity index (χ1v) is 1.21. The Bertz CT molecular complexity index is 55.3. The molecule has 0 heterocycles. The van der Waals surface area contributed by atoms with Gasteiger partial charge in [0.05, 0.1) is 0 Å². The summed E-state index contributed by atoms with van der Waals surface area (Å²) in [7, 11) is 0. The van der Waals surface area contributed by atoms with Gasteiger partial charge in [0.15, 0.2) is 5.34 Å². The Hall–Kier alpha value is -1.48. The fourth-order valence-electron chi connectivity index (χ4n) is 0. The predicted octanol–water partition coefficient (Wildman–Crippen LogP) is -0.871. The van der Waals surface area contributed by atoms with Gasteiger partial charge in [-0.05, 0) is 0 Å². The number of hydrogen-bond acceptors (Lipinski definition) is 6. The Balaban J connectivity index is -0.0000000646. The highest BCUT2D eigenvalue weighted by atomic mass is 16.9. The maximum atomic E-state index is 8.36. The molecule has 0 aliphatic rings. The molecule has 5 N–H and O–H groups in total. The fourth-order valence-corrected chi connectivity index (χ4v) is 0. The van der Waals surface area contributed by atoms with Crippen molar-refractivity contribution in [2.45, 2.75) is 0 Å². The molecule has 0 bridgehead atoms. The second kappa shape index (κ2) is 31.3. The van der Waals surface area contributed by atoms with Crippen molar-refractivity contribution in [2.24, 2.45) is 11.2 Å². The number of nitrogens with zero attached hydrogens (tertiary/aromatic N) is 2. The fraction of sp³-hybridized carbons (Fsp3) is 0. The van der Waals surface area contributed by atoms with Crippen molar-refractivity contribution >= 4 is 0 Å². The van der Waals surface area contributed by atoms with Crippen molar-refractivity contribution in [3.63, 3.8) is 0 Å². The van der Waals surface area contributed by atoms with Crippen LogP contribution < -0.4 is 5.90 Å². The van der Waals surface area contributed by atoms with Crippen molar-refractivity contribution in [1.29, 1.82) is 0 Å². The van der Waals surface area contributed by atoms with Crippen LogP contribution in [0.15, 0.2) is 5.34 Å². The van der Waals surface area contributed by atoms with E-state index in [0.29, 0.717) is 0 Å². The molecule has 0 aromatic rings. The van der Waals surface area contributed by atoms with Crippen molar-refractivity contribution in [3.8, 4) is 0 Å². The van der Waals surface area contributed by atoms with Crippen molar-refractivity contribution < 1.29 is 20.7 Å². The van der Waals surface area contributed by atoms with E-state index in [9.17, 15) is 0 Å². The van der Waals surface area contributed by atoms with E-state index in [-0.39, 0.29) is 0 Å². The van der Waals surface area contributed by atoms with Crippen LogP contribution in [0.25, 0.3) is 0 Å². The van der Waals surface area contributed by atoms with Crippen LogP contribution in [0.1, 0.15) is 0 Å². The van der Waals surface area contributed by atoms with Crippen LogP contribution in [0.2, 0.25) is 0 Å². The average molecular weight is 143 g/mol.